The molecule has 0 aliphatic carbocycles. The third kappa shape index (κ3) is 3.82. The number of carbonyl (C=O) groups excluding carboxylic acids is 2. The average Bonchev–Trinajstić information content (AvgIpc) is 3.02. The molecule has 7 nitrogen and oxygen atoms in total. The molecule has 2 aliphatic rings. The van der Waals surface area contributed by atoms with Gasteiger partial charge in [0, 0.05) is 29.2 Å². The Labute approximate surface area is 221 Å². The minimum absolute atomic E-state index is 0.0508. The highest BCUT2D eigenvalue weighted by Gasteiger charge is 2.66. The highest BCUT2D eigenvalue weighted by atomic mass is 16.5. The first kappa shape index (κ1) is 23.9. The van der Waals surface area contributed by atoms with Crippen LogP contribution in [-0.2, 0) is 21.5 Å². The summed E-state index contributed by atoms with van der Waals surface area (Å²) >= 11 is 0. The molecule has 0 spiro atoms. The Kier molecular flexibility index (Phi) is 5.91. The number of carbonyl (C=O) groups is 2. The van der Waals surface area contributed by atoms with E-state index in [1.165, 1.54) is 0 Å². The number of rotatable bonds is 6. The molecule has 2 atom stereocenters. The molecule has 0 radical (unpaired) electrons. The first-order chi connectivity index (χ1) is 18.5. The Morgan fingerprint density at radius 2 is 1.50 bits per heavy atom. The fraction of sp³-hybridized carbons (Fsp3) is 0.226. The van der Waals surface area contributed by atoms with Gasteiger partial charge in [0.2, 0.25) is 12.0 Å². The van der Waals surface area contributed by atoms with Gasteiger partial charge in [-0.2, -0.15) is 0 Å². The summed E-state index contributed by atoms with van der Waals surface area (Å²) in [6.07, 6.45) is -0.224. The SMILES string of the molecule is Cc1cc(C)nc(O[C@@H]2C(=O)N3CC(=O)N(CCc4ccccc4)c4ccccc4[C@]23c2ccccc2)n1. The largest absolute Gasteiger partial charge is 0.447 e. The van der Waals surface area contributed by atoms with Crippen LogP contribution in [0.1, 0.15) is 28.1 Å². The van der Waals surface area contributed by atoms with Gasteiger partial charge in [-0.1, -0.05) is 78.9 Å². The van der Waals surface area contributed by atoms with E-state index in [2.05, 4.69) is 22.1 Å². The van der Waals surface area contributed by atoms with Gasteiger partial charge in [0.15, 0.2) is 0 Å². The van der Waals surface area contributed by atoms with Crippen LogP contribution in [0.4, 0.5) is 5.69 Å². The summed E-state index contributed by atoms with van der Waals surface area (Å²) < 4.78 is 6.32. The van der Waals surface area contributed by atoms with Gasteiger partial charge in [0.1, 0.15) is 12.1 Å². The number of para-hydroxylation sites is 1. The zero-order valence-corrected chi connectivity index (χ0v) is 21.4. The van der Waals surface area contributed by atoms with Crippen LogP contribution < -0.4 is 9.64 Å². The summed E-state index contributed by atoms with van der Waals surface area (Å²) in [5.74, 6) is -0.384. The number of amides is 2. The molecule has 0 N–H and O–H groups in total. The Bertz CT molecular complexity index is 1490. The third-order valence-corrected chi connectivity index (χ3v) is 7.36. The van der Waals surface area contributed by atoms with Gasteiger partial charge in [-0.15, -0.1) is 0 Å². The highest BCUT2D eigenvalue weighted by molar-refractivity contribution is 6.04. The molecule has 0 saturated carbocycles. The molecule has 38 heavy (non-hydrogen) atoms. The second-order valence-electron chi connectivity index (χ2n) is 9.79. The molecule has 3 aromatic carbocycles. The van der Waals surface area contributed by atoms with Crippen LogP contribution >= 0.6 is 0 Å². The molecule has 2 aliphatic heterocycles. The standard InChI is InChI=1S/C31H28N4O3/c1-21-19-22(2)33-30(32-21)38-28-29(37)35-20-27(36)34(18-17-23-11-5-3-6-12-23)26-16-10-9-15-25(26)31(28,35)24-13-7-4-8-14-24/h3-16,19,28H,17-18,20H2,1-2H3/t28-,31-/m1/s1. The van der Waals surface area contributed by atoms with Gasteiger partial charge in [0.25, 0.3) is 5.91 Å². The lowest BCUT2D eigenvalue weighted by atomic mass is 9.69. The van der Waals surface area contributed by atoms with E-state index in [0.29, 0.717) is 13.0 Å². The number of benzene rings is 3. The number of ether oxygens (including phenoxy) is 1. The van der Waals surface area contributed by atoms with Crippen LogP contribution in [0, 0.1) is 13.8 Å². The number of β-lactam (4-membered cyclic amide) rings is 1. The molecule has 2 amide bonds. The maximum Gasteiger partial charge on any atom is 0.317 e. The summed E-state index contributed by atoms with van der Waals surface area (Å²) in [6, 6.07) is 29.7. The van der Waals surface area contributed by atoms with Crippen molar-refractivity contribution in [1.29, 1.82) is 0 Å². The van der Waals surface area contributed by atoms with E-state index in [-0.39, 0.29) is 24.4 Å². The molecule has 0 unspecified atom stereocenters. The number of nitrogens with zero attached hydrogens (tertiary/aromatic N) is 4. The van der Waals surface area contributed by atoms with Crippen molar-refractivity contribution in [3.8, 4) is 6.01 Å². The Morgan fingerprint density at radius 3 is 2.21 bits per heavy atom. The number of aromatic nitrogens is 2. The third-order valence-electron chi connectivity index (χ3n) is 7.36. The predicted octanol–water partition coefficient (Wildman–Crippen LogP) is 4.22. The summed E-state index contributed by atoms with van der Waals surface area (Å²) in [7, 11) is 0. The summed E-state index contributed by atoms with van der Waals surface area (Å²) in [6.45, 7) is 4.19. The number of hydrogen-bond acceptors (Lipinski definition) is 5. The molecular weight excluding hydrogens is 476 g/mol. The lowest BCUT2D eigenvalue weighted by Crippen LogP contribution is -2.74. The highest BCUT2D eigenvalue weighted by Crippen LogP contribution is 2.52. The molecule has 1 aromatic heterocycles. The second-order valence-corrected chi connectivity index (χ2v) is 9.79. The van der Waals surface area contributed by atoms with E-state index in [4.69, 9.17) is 4.74 Å². The number of fused-ring (bicyclic) bond motifs is 3. The lowest BCUT2D eigenvalue weighted by molar-refractivity contribution is -0.178. The van der Waals surface area contributed by atoms with Crippen molar-refractivity contribution >= 4 is 17.5 Å². The maximum absolute atomic E-state index is 13.7. The zero-order valence-electron chi connectivity index (χ0n) is 21.4. The van der Waals surface area contributed by atoms with Gasteiger partial charge in [0.05, 0.1) is 0 Å². The van der Waals surface area contributed by atoms with Crippen molar-refractivity contribution < 1.29 is 14.3 Å². The number of hydrogen-bond donors (Lipinski definition) is 0. The van der Waals surface area contributed by atoms with Crippen LogP contribution in [0.3, 0.4) is 0 Å². The molecule has 1 fully saturated rings. The fourth-order valence-corrected chi connectivity index (χ4v) is 5.72. The first-order valence-electron chi connectivity index (χ1n) is 12.8. The Balaban J connectivity index is 1.49. The molecule has 190 valence electrons. The van der Waals surface area contributed by atoms with E-state index >= 15 is 0 Å². The molecule has 4 aromatic rings. The zero-order chi connectivity index (χ0) is 26.3. The van der Waals surface area contributed by atoms with Crippen LogP contribution in [0.15, 0.2) is 91.0 Å². The first-order valence-corrected chi connectivity index (χ1v) is 12.8. The van der Waals surface area contributed by atoms with Crippen molar-refractivity contribution in [2.24, 2.45) is 0 Å². The molecule has 0 bridgehead atoms. The monoisotopic (exact) mass is 504 g/mol. The lowest BCUT2D eigenvalue weighted by Gasteiger charge is -2.55. The molecule has 7 heteroatoms. The van der Waals surface area contributed by atoms with Crippen molar-refractivity contribution in [2.75, 3.05) is 18.0 Å². The van der Waals surface area contributed by atoms with Crippen LogP contribution in [-0.4, -0.2) is 45.9 Å². The number of aryl methyl sites for hydroxylation is 2. The van der Waals surface area contributed by atoms with Crippen molar-refractivity contribution in [3.63, 3.8) is 0 Å². The van der Waals surface area contributed by atoms with E-state index in [1.807, 2.05) is 97.6 Å². The summed E-state index contributed by atoms with van der Waals surface area (Å²) in [4.78, 5) is 39.8. The molecule has 3 heterocycles. The molecule has 1 saturated heterocycles. The Hall–Kier alpha value is -4.52. The normalized spacial score (nSPS) is 20.3. The van der Waals surface area contributed by atoms with Gasteiger partial charge >= 0.3 is 6.01 Å². The van der Waals surface area contributed by atoms with Gasteiger partial charge in [-0.25, -0.2) is 9.97 Å². The fourth-order valence-electron chi connectivity index (χ4n) is 5.72. The van der Waals surface area contributed by atoms with E-state index in [1.54, 1.807) is 4.90 Å². The van der Waals surface area contributed by atoms with Gasteiger partial charge in [-0.3, -0.25) is 9.59 Å². The number of anilines is 1. The van der Waals surface area contributed by atoms with Gasteiger partial charge in [-0.05, 0) is 43.5 Å². The van der Waals surface area contributed by atoms with Crippen LogP contribution in [0.5, 0.6) is 6.01 Å². The minimum Gasteiger partial charge on any atom is -0.447 e. The predicted molar refractivity (Wildman–Crippen MR) is 144 cm³/mol. The second kappa shape index (κ2) is 9.41. The van der Waals surface area contributed by atoms with Crippen molar-refractivity contribution in [1.82, 2.24) is 14.9 Å². The van der Waals surface area contributed by atoms with Crippen molar-refractivity contribution in [2.45, 2.75) is 31.9 Å². The average molecular weight is 505 g/mol. The van der Waals surface area contributed by atoms with E-state index in [0.717, 1.165) is 33.8 Å². The van der Waals surface area contributed by atoms with Crippen molar-refractivity contribution in [3.05, 3.63) is 119 Å². The summed E-state index contributed by atoms with van der Waals surface area (Å²) in [5.41, 5.74) is 4.15. The van der Waals surface area contributed by atoms with Crippen LogP contribution in [0.25, 0.3) is 0 Å². The Morgan fingerprint density at radius 1 is 0.868 bits per heavy atom. The minimum atomic E-state index is -1.01. The quantitative estimate of drug-likeness (QED) is 0.368. The molecular formula is C31H28N4O3. The van der Waals surface area contributed by atoms with E-state index < -0.39 is 11.6 Å². The van der Waals surface area contributed by atoms with Gasteiger partial charge < -0.3 is 14.5 Å². The smallest absolute Gasteiger partial charge is 0.317 e. The summed E-state index contributed by atoms with van der Waals surface area (Å²) in [5, 5.41) is 0. The topological polar surface area (TPSA) is 75.6 Å². The molecule has 6 rings (SSSR count). The van der Waals surface area contributed by atoms with Crippen LogP contribution in [0.2, 0.25) is 0 Å². The van der Waals surface area contributed by atoms with E-state index in [9.17, 15) is 9.59 Å². The maximum atomic E-state index is 13.7.